The van der Waals surface area contributed by atoms with Crippen LogP contribution < -0.4 is 0 Å². The van der Waals surface area contributed by atoms with E-state index < -0.39 is 16.1 Å². The van der Waals surface area contributed by atoms with Crippen molar-refractivity contribution in [2.45, 2.75) is 24.8 Å². The number of aliphatic hydroxyl groups is 1. The molecule has 1 N–H and O–H groups in total. The van der Waals surface area contributed by atoms with E-state index in [4.69, 9.17) is 0 Å². The van der Waals surface area contributed by atoms with Gasteiger partial charge in [-0.1, -0.05) is 17.7 Å². The number of aliphatic hydroxyl groups excluding tert-OH is 1. The fourth-order valence-corrected chi connectivity index (χ4v) is 2.83. The van der Waals surface area contributed by atoms with Crippen LogP contribution in [-0.2, 0) is 10.0 Å². The van der Waals surface area contributed by atoms with Crippen LogP contribution in [0.4, 0.5) is 0 Å². The summed E-state index contributed by atoms with van der Waals surface area (Å²) in [6.45, 7) is 3.50. The number of rotatable bonds is 3. The highest BCUT2D eigenvalue weighted by Gasteiger charge is 2.17. The molecule has 0 amide bonds. The van der Waals surface area contributed by atoms with E-state index in [2.05, 4.69) is 0 Å². The average Bonchev–Trinajstić information content (AvgIpc) is 2.79. The molecule has 1 aromatic carbocycles. The Morgan fingerprint density at radius 3 is 2.28 bits per heavy atom. The van der Waals surface area contributed by atoms with Crippen molar-refractivity contribution in [2.24, 2.45) is 0 Å². The molecule has 0 saturated carbocycles. The van der Waals surface area contributed by atoms with Crippen molar-refractivity contribution in [3.05, 3.63) is 53.9 Å². The third-order valence-electron chi connectivity index (χ3n) is 2.77. The lowest BCUT2D eigenvalue weighted by molar-refractivity contribution is 0.199. The van der Waals surface area contributed by atoms with Crippen LogP contribution in [0.25, 0.3) is 0 Å². The molecular formula is C13H15NO3S. The predicted molar refractivity (Wildman–Crippen MR) is 68.8 cm³/mol. The molecule has 1 unspecified atom stereocenters. The summed E-state index contributed by atoms with van der Waals surface area (Å²) in [4.78, 5) is 0.237. The monoisotopic (exact) mass is 265 g/mol. The third kappa shape index (κ3) is 2.32. The zero-order valence-electron chi connectivity index (χ0n) is 10.2. The standard InChI is InChI=1S/C13H15NO3S/c1-10-3-5-13(6-4-10)18(16,17)14-8-7-12(9-14)11(2)15/h3-9,11,15H,1-2H3. The molecule has 0 aliphatic rings. The zero-order chi connectivity index (χ0) is 13.3. The van der Waals surface area contributed by atoms with E-state index >= 15 is 0 Å². The third-order valence-corrected chi connectivity index (χ3v) is 4.42. The summed E-state index contributed by atoms with van der Waals surface area (Å²) in [5.41, 5.74) is 1.58. The number of hydrogen-bond acceptors (Lipinski definition) is 3. The van der Waals surface area contributed by atoms with Gasteiger partial charge in [-0.05, 0) is 37.6 Å². The molecule has 0 spiro atoms. The van der Waals surface area contributed by atoms with Crippen LogP contribution in [0.15, 0.2) is 47.6 Å². The Labute approximate surface area is 107 Å². The van der Waals surface area contributed by atoms with Crippen molar-refractivity contribution in [3.63, 3.8) is 0 Å². The summed E-state index contributed by atoms with van der Waals surface area (Å²) in [5.74, 6) is 0. The van der Waals surface area contributed by atoms with Crippen LogP contribution in [0, 0.1) is 6.92 Å². The van der Waals surface area contributed by atoms with Gasteiger partial charge in [0.2, 0.25) is 0 Å². The molecule has 1 aromatic heterocycles. The van der Waals surface area contributed by atoms with Crippen molar-refractivity contribution in [1.29, 1.82) is 0 Å². The van der Waals surface area contributed by atoms with E-state index in [0.29, 0.717) is 5.56 Å². The molecule has 96 valence electrons. The molecule has 0 radical (unpaired) electrons. The summed E-state index contributed by atoms with van der Waals surface area (Å²) in [6, 6.07) is 8.26. The first-order valence-corrected chi connectivity index (χ1v) is 7.03. The Bertz CT molecular complexity index is 639. The average molecular weight is 265 g/mol. The van der Waals surface area contributed by atoms with Crippen LogP contribution in [0.2, 0.25) is 0 Å². The second-order valence-electron chi connectivity index (χ2n) is 4.27. The van der Waals surface area contributed by atoms with Gasteiger partial charge in [0, 0.05) is 12.4 Å². The van der Waals surface area contributed by atoms with Crippen LogP contribution in [-0.4, -0.2) is 17.5 Å². The van der Waals surface area contributed by atoms with Gasteiger partial charge in [0.25, 0.3) is 10.0 Å². The van der Waals surface area contributed by atoms with Gasteiger partial charge in [0.15, 0.2) is 0 Å². The lowest BCUT2D eigenvalue weighted by Crippen LogP contribution is -2.10. The van der Waals surface area contributed by atoms with E-state index in [-0.39, 0.29) is 4.90 Å². The normalized spacial score (nSPS) is 13.5. The van der Waals surface area contributed by atoms with E-state index in [1.807, 2.05) is 6.92 Å². The summed E-state index contributed by atoms with van der Waals surface area (Å²) in [5, 5.41) is 9.40. The second kappa shape index (κ2) is 4.59. The van der Waals surface area contributed by atoms with Gasteiger partial charge >= 0.3 is 0 Å². The van der Waals surface area contributed by atoms with Crippen molar-refractivity contribution >= 4 is 10.0 Å². The minimum Gasteiger partial charge on any atom is -0.389 e. The summed E-state index contributed by atoms with van der Waals surface area (Å²) >= 11 is 0. The molecule has 2 rings (SSSR count). The quantitative estimate of drug-likeness (QED) is 0.924. The van der Waals surface area contributed by atoms with E-state index in [1.54, 1.807) is 37.3 Å². The molecule has 0 saturated heterocycles. The Morgan fingerprint density at radius 2 is 1.78 bits per heavy atom. The predicted octanol–water partition coefficient (Wildman–Crippen LogP) is 2.09. The van der Waals surface area contributed by atoms with Gasteiger partial charge in [0.1, 0.15) is 0 Å². The van der Waals surface area contributed by atoms with Crippen LogP contribution in [0.1, 0.15) is 24.2 Å². The van der Waals surface area contributed by atoms with Gasteiger partial charge in [-0.2, -0.15) is 0 Å². The summed E-state index contributed by atoms with van der Waals surface area (Å²) in [7, 11) is -3.56. The van der Waals surface area contributed by atoms with E-state index in [9.17, 15) is 13.5 Å². The minimum atomic E-state index is -3.56. The van der Waals surface area contributed by atoms with Gasteiger partial charge < -0.3 is 5.11 Å². The van der Waals surface area contributed by atoms with Crippen molar-refractivity contribution in [3.8, 4) is 0 Å². The highest BCUT2D eigenvalue weighted by atomic mass is 32.2. The van der Waals surface area contributed by atoms with Crippen LogP contribution in [0.5, 0.6) is 0 Å². The van der Waals surface area contributed by atoms with Crippen molar-refractivity contribution in [1.82, 2.24) is 3.97 Å². The maximum atomic E-state index is 12.3. The van der Waals surface area contributed by atoms with Crippen molar-refractivity contribution in [2.75, 3.05) is 0 Å². The Kier molecular flexibility index (Phi) is 3.28. The highest BCUT2D eigenvalue weighted by molar-refractivity contribution is 7.90. The summed E-state index contributed by atoms with van der Waals surface area (Å²) in [6.07, 6.45) is 2.19. The van der Waals surface area contributed by atoms with Crippen molar-refractivity contribution < 1.29 is 13.5 Å². The highest BCUT2D eigenvalue weighted by Crippen LogP contribution is 2.18. The molecule has 0 aliphatic carbocycles. The minimum absolute atomic E-state index is 0.237. The second-order valence-corrected chi connectivity index (χ2v) is 6.11. The fourth-order valence-electron chi connectivity index (χ4n) is 1.62. The van der Waals surface area contributed by atoms with Gasteiger partial charge in [-0.15, -0.1) is 0 Å². The molecule has 1 heterocycles. The first-order valence-electron chi connectivity index (χ1n) is 5.59. The Hall–Kier alpha value is -1.59. The van der Waals surface area contributed by atoms with Crippen LogP contribution >= 0.6 is 0 Å². The molecular weight excluding hydrogens is 250 g/mol. The molecule has 5 heteroatoms. The number of benzene rings is 1. The van der Waals surface area contributed by atoms with E-state index in [0.717, 1.165) is 9.54 Å². The molecule has 0 aliphatic heterocycles. The largest absolute Gasteiger partial charge is 0.389 e. The van der Waals surface area contributed by atoms with E-state index in [1.165, 1.54) is 12.4 Å². The topological polar surface area (TPSA) is 59.3 Å². The Morgan fingerprint density at radius 1 is 1.17 bits per heavy atom. The lowest BCUT2D eigenvalue weighted by atomic mass is 10.2. The summed E-state index contributed by atoms with van der Waals surface area (Å²) < 4.78 is 25.6. The molecule has 0 fully saturated rings. The SMILES string of the molecule is Cc1ccc(S(=O)(=O)n2ccc(C(C)O)c2)cc1. The zero-order valence-corrected chi connectivity index (χ0v) is 11.1. The maximum absolute atomic E-state index is 12.3. The van der Waals surface area contributed by atoms with Crippen LogP contribution in [0.3, 0.4) is 0 Å². The smallest absolute Gasteiger partial charge is 0.267 e. The molecule has 4 nitrogen and oxygen atoms in total. The first-order chi connectivity index (χ1) is 8.41. The number of nitrogens with zero attached hydrogens (tertiary/aromatic N) is 1. The maximum Gasteiger partial charge on any atom is 0.267 e. The Balaban J connectivity index is 2.44. The number of aromatic nitrogens is 1. The molecule has 0 bridgehead atoms. The fraction of sp³-hybridized carbons (Fsp3) is 0.231. The van der Waals surface area contributed by atoms with Gasteiger partial charge in [0.05, 0.1) is 11.0 Å². The molecule has 18 heavy (non-hydrogen) atoms. The lowest BCUT2D eigenvalue weighted by Gasteiger charge is -2.06. The number of aryl methyl sites for hydroxylation is 1. The van der Waals surface area contributed by atoms with Gasteiger partial charge in [-0.25, -0.2) is 12.4 Å². The molecule has 2 aromatic rings. The molecule has 1 atom stereocenters. The first kappa shape index (κ1) is 12.9. The number of hydrogen-bond donors (Lipinski definition) is 1. The van der Waals surface area contributed by atoms with Gasteiger partial charge in [-0.3, -0.25) is 0 Å².